The minimum absolute atomic E-state index is 0.192. The maximum absolute atomic E-state index is 11.2. The first-order chi connectivity index (χ1) is 12.0. The van der Waals surface area contributed by atoms with Gasteiger partial charge in [0.05, 0.1) is 20.3 Å². The number of rotatable bonds is 9. The molecule has 1 heterocycles. The molecule has 0 bridgehead atoms. The van der Waals surface area contributed by atoms with Crippen molar-refractivity contribution in [2.24, 2.45) is 0 Å². The predicted octanol–water partition coefficient (Wildman–Crippen LogP) is 3.62. The van der Waals surface area contributed by atoms with Gasteiger partial charge in [0.2, 0.25) is 0 Å². The Balaban J connectivity index is 1.89. The van der Waals surface area contributed by atoms with Crippen LogP contribution in [0.2, 0.25) is 0 Å². The van der Waals surface area contributed by atoms with Crippen LogP contribution in [0.15, 0.2) is 41.3 Å². The molecule has 138 valence electrons. The summed E-state index contributed by atoms with van der Waals surface area (Å²) in [6, 6.07) is 8.57. The Morgan fingerprint density at radius 2 is 2.04 bits per heavy atom. The second kappa shape index (κ2) is 9.97. The fourth-order valence-electron chi connectivity index (χ4n) is 2.52. The van der Waals surface area contributed by atoms with E-state index in [2.05, 4.69) is 40.6 Å². The first kappa shape index (κ1) is 20.0. The highest BCUT2D eigenvalue weighted by molar-refractivity contribution is 7.97. The van der Waals surface area contributed by atoms with E-state index in [-0.39, 0.29) is 12.0 Å². The minimum Gasteiger partial charge on any atom is -0.466 e. The summed E-state index contributed by atoms with van der Waals surface area (Å²) in [4.78, 5) is 12.4. The van der Waals surface area contributed by atoms with Crippen LogP contribution in [0, 0.1) is 6.92 Å². The van der Waals surface area contributed by atoms with Crippen LogP contribution in [0.25, 0.3) is 0 Å². The molecule has 25 heavy (non-hydrogen) atoms. The van der Waals surface area contributed by atoms with E-state index in [9.17, 15) is 4.79 Å². The van der Waals surface area contributed by atoms with Crippen LogP contribution in [0.3, 0.4) is 0 Å². The molecule has 1 aliphatic rings. The van der Waals surface area contributed by atoms with Crippen molar-refractivity contribution in [1.82, 2.24) is 4.72 Å². The van der Waals surface area contributed by atoms with Gasteiger partial charge in [0.15, 0.2) is 5.79 Å². The number of aryl methyl sites for hydroxylation is 1. The van der Waals surface area contributed by atoms with Crippen molar-refractivity contribution in [2.75, 3.05) is 20.3 Å². The molecule has 0 amide bonds. The summed E-state index contributed by atoms with van der Waals surface area (Å²) in [6.45, 7) is 5.35. The third kappa shape index (κ3) is 7.20. The average Bonchev–Trinajstić information content (AvgIpc) is 3.05. The molecule has 6 heteroatoms. The summed E-state index contributed by atoms with van der Waals surface area (Å²) in [5, 5.41) is 0. The molecular weight excluding hydrogens is 338 g/mol. The number of carbonyl (C=O) groups excluding carboxylic acids is 1. The Bertz CT molecular complexity index is 567. The van der Waals surface area contributed by atoms with Crippen molar-refractivity contribution < 1.29 is 19.0 Å². The van der Waals surface area contributed by atoms with Gasteiger partial charge in [0, 0.05) is 23.4 Å². The number of benzene rings is 1. The van der Waals surface area contributed by atoms with Crippen molar-refractivity contribution in [1.29, 1.82) is 0 Å². The van der Waals surface area contributed by atoms with Crippen molar-refractivity contribution in [3.63, 3.8) is 0 Å². The summed E-state index contributed by atoms with van der Waals surface area (Å²) < 4.78 is 19.5. The molecule has 1 aromatic rings. The van der Waals surface area contributed by atoms with Gasteiger partial charge in [0.25, 0.3) is 0 Å². The van der Waals surface area contributed by atoms with Gasteiger partial charge in [-0.15, -0.1) is 0 Å². The van der Waals surface area contributed by atoms with Gasteiger partial charge in [-0.2, -0.15) is 0 Å². The predicted molar refractivity (Wildman–Crippen MR) is 99.3 cm³/mol. The summed E-state index contributed by atoms with van der Waals surface area (Å²) in [5.41, 5.74) is 1.24. The molecule has 5 nitrogen and oxygen atoms in total. The Kier molecular flexibility index (Phi) is 7.96. The van der Waals surface area contributed by atoms with Crippen molar-refractivity contribution in [3.05, 3.63) is 42.0 Å². The number of hydrogen-bond donors (Lipinski definition) is 1. The Morgan fingerprint density at radius 3 is 2.68 bits per heavy atom. The molecule has 0 radical (unpaired) electrons. The van der Waals surface area contributed by atoms with Crippen LogP contribution in [-0.4, -0.2) is 38.1 Å². The monoisotopic (exact) mass is 365 g/mol. The van der Waals surface area contributed by atoms with E-state index in [1.54, 1.807) is 11.9 Å². The minimum atomic E-state index is -0.499. The molecule has 0 saturated carbocycles. The lowest BCUT2D eigenvalue weighted by Crippen LogP contribution is -2.30. The molecular formula is C19H27NO4S. The topological polar surface area (TPSA) is 56.8 Å². The largest absolute Gasteiger partial charge is 0.466 e. The van der Waals surface area contributed by atoms with Crippen LogP contribution in [0.5, 0.6) is 0 Å². The van der Waals surface area contributed by atoms with Gasteiger partial charge < -0.3 is 14.2 Å². The lowest BCUT2D eigenvalue weighted by atomic mass is 10.0. The second-order valence-electron chi connectivity index (χ2n) is 6.26. The number of hydrogen-bond acceptors (Lipinski definition) is 6. The summed E-state index contributed by atoms with van der Waals surface area (Å²) in [7, 11) is 1.38. The quantitative estimate of drug-likeness (QED) is 0.410. The Morgan fingerprint density at radius 1 is 1.36 bits per heavy atom. The van der Waals surface area contributed by atoms with Crippen LogP contribution in [0.1, 0.15) is 31.7 Å². The zero-order valence-electron chi connectivity index (χ0n) is 15.1. The summed E-state index contributed by atoms with van der Waals surface area (Å²) in [5.74, 6) is -0.833. The first-order valence-electron chi connectivity index (χ1n) is 8.52. The van der Waals surface area contributed by atoms with E-state index in [4.69, 9.17) is 9.47 Å². The maximum Gasteiger partial charge on any atom is 0.330 e. The van der Waals surface area contributed by atoms with E-state index in [0.717, 1.165) is 24.2 Å². The fraction of sp³-hybridized carbons (Fsp3) is 0.526. The van der Waals surface area contributed by atoms with E-state index >= 15 is 0 Å². The number of carbonyl (C=O) groups is 1. The fourth-order valence-corrected chi connectivity index (χ4v) is 3.31. The van der Waals surface area contributed by atoms with E-state index in [1.165, 1.54) is 18.7 Å². The molecule has 2 rings (SSSR count). The van der Waals surface area contributed by atoms with Gasteiger partial charge in [-0.05, 0) is 50.8 Å². The number of nitrogens with one attached hydrogen (secondary N) is 1. The van der Waals surface area contributed by atoms with Crippen LogP contribution < -0.4 is 4.72 Å². The molecule has 1 N–H and O–H groups in total. The highest BCUT2D eigenvalue weighted by atomic mass is 32.2. The summed E-state index contributed by atoms with van der Waals surface area (Å²) >= 11 is 1.60. The SMILES string of the molecule is COC(=O)C=CCC(CCC1(C)OCCO1)NSc1ccc(C)cc1. The average molecular weight is 365 g/mol. The zero-order chi connectivity index (χ0) is 18.1. The van der Waals surface area contributed by atoms with E-state index < -0.39 is 5.79 Å². The highest BCUT2D eigenvalue weighted by Gasteiger charge is 2.31. The molecule has 1 aliphatic heterocycles. The van der Waals surface area contributed by atoms with Gasteiger partial charge in [-0.1, -0.05) is 23.8 Å². The molecule has 1 atom stereocenters. The second-order valence-corrected chi connectivity index (χ2v) is 7.17. The normalized spacial score (nSPS) is 17.7. The van der Waals surface area contributed by atoms with Gasteiger partial charge in [-0.25, -0.2) is 4.79 Å². The molecule has 0 spiro atoms. The lowest BCUT2D eigenvalue weighted by Gasteiger charge is -2.25. The summed E-state index contributed by atoms with van der Waals surface area (Å²) in [6.07, 6.45) is 5.71. The van der Waals surface area contributed by atoms with Crippen molar-refractivity contribution in [3.8, 4) is 0 Å². The third-order valence-corrected chi connectivity index (χ3v) is 5.04. The zero-order valence-corrected chi connectivity index (χ0v) is 15.9. The van der Waals surface area contributed by atoms with Crippen LogP contribution in [-0.2, 0) is 19.0 Å². The molecule has 0 aromatic heterocycles. The number of methoxy groups -OCH3 is 1. The van der Waals surface area contributed by atoms with E-state index in [1.807, 2.05) is 13.0 Å². The first-order valence-corrected chi connectivity index (χ1v) is 9.34. The molecule has 1 unspecified atom stereocenters. The van der Waals surface area contributed by atoms with Gasteiger partial charge in [-0.3, -0.25) is 4.72 Å². The van der Waals surface area contributed by atoms with Crippen LogP contribution >= 0.6 is 11.9 Å². The van der Waals surface area contributed by atoms with Crippen molar-refractivity contribution >= 4 is 17.9 Å². The molecule has 1 aromatic carbocycles. The smallest absolute Gasteiger partial charge is 0.330 e. The molecule has 0 aliphatic carbocycles. The van der Waals surface area contributed by atoms with Crippen LogP contribution in [0.4, 0.5) is 0 Å². The lowest BCUT2D eigenvalue weighted by molar-refractivity contribution is -0.148. The van der Waals surface area contributed by atoms with Gasteiger partial charge >= 0.3 is 5.97 Å². The number of ether oxygens (including phenoxy) is 3. The standard InChI is InChI=1S/C19H27NO4S/c1-15-7-9-17(10-8-15)25-20-16(5-4-6-18(21)22-3)11-12-19(2)23-13-14-24-19/h4,6-10,16,20H,5,11-14H2,1-3H3. The highest BCUT2D eigenvalue weighted by Crippen LogP contribution is 2.26. The maximum atomic E-state index is 11.2. The molecule has 1 saturated heterocycles. The van der Waals surface area contributed by atoms with E-state index in [0.29, 0.717) is 13.2 Å². The Hall–Kier alpha value is -1.34. The third-order valence-electron chi connectivity index (χ3n) is 4.09. The Labute approximate surface area is 154 Å². The number of esters is 1. The van der Waals surface area contributed by atoms with Crippen molar-refractivity contribution in [2.45, 2.75) is 49.8 Å². The molecule has 1 fully saturated rings. The van der Waals surface area contributed by atoms with Gasteiger partial charge in [0.1, 0.15) is 0 Å².